The van der Waals surface area contributed by atoms with E-state index in [0.717, 1.165) is 12.3 Å². The third kappa shape index (κ3) is 3.42. The second kappa shape index (κ2) is 6.43. The maximum Gasteiger partial charge on any atom is 0.0627 e. The Labute approximate surface area is 125 Å². The Morgan fingerprint density at radius 3 is 2.63 bits per heavy atom. The summed E-state index contributed by atoms with van der Waals surface area (Å²) in [5.41, 5.74) is 1.31. The lowest BCUT2D eigenvalue weighted by molar-refractivity contribution is 0.442. The molecule has 106 valence electrons. The van der Waals surface area contributed by atoms with Crippen LogP contribution in [0.1, 0.15) is 69.5 Å². The first-order valence-corrected chi connectivity index (χ1v) is 8.92. The van der Waals surface area contributed by atoms with Crippen molar-refractivity contribution in [3.8, 4) is 0 Å². The fraction of sp³-hybridized carbons (Fsp3) is 0.812. The minimum Gasteiger partial charge on any atom is -0.269 e. The highest BCUT2D eigenvalue weighted by Crippen LogP contribution is 2.32. The molecule has 0 bridgehead atoms. The van der Waals surface area contributed by atoms with E-state index in [-0.39, 0.29) is 0 Å². The van der Waals surface area contributed by atoms with Gasteiger partial charge in [0.1, 0.15) is 0 Å². The molecule has 2 unspecified atom stereocenters. The first-order chi connectivity index (χ1) is 9.33. The summed E-state index contributed by atoms with van der Waals surface area (Å²) in [7, 11) is 0. The first-order valence-electron chi connectivity index (χ1n) is 8.01. The van der Waals surface area contributed by atoms with Gasteiger partial charge in [-0.3, -0.25) is 4.68 Å². The fourth-order valence-electron chi connectivity index (χ4n) is 3.70. The van der Waals surface area contributed by atoms with E-state index in [1.54, 1.807) is 0 Å². The van der Waals surface area contributed by atoms with Crippen molar-refractivity contribution in [2.45, 2.75) is 75.1 Å². The quantitative estimate of drug-likeness (QED) is 0.572. The van der Waals surface area contributed by atoms with Gasteiger partial charge in [0.25, 0.3) is 0 Å². The Morgan fingerprint density at radius 1 is 1.05 bits per heavy atom. The summed E-state index contributed by atoms with van der Waals surface area (Å²) in [5, 5.41) is 4.85. The molecule has 0 N–H and O–H groups in total. The van der Waals surface area contributed by atoms with Crippen molar-refractivity contribution in [2.24, 2.45) is 5.92 Å². The van der Waals surface area contributed by atoms with Crippen molar-refractivity contribution in [1.29, 1.82) is 0 Å². The van der Waals surface area contributed by atoms with E-state index >= 15 is 0 Å². The lowest BCUT2D eigenvalue weighted by Gasteiger charge is -2.18. The van der Waals surface area contributed by atoms with Crippen LogP contribution in [0.2, 0.25) is 0 Å². The van der Waals surface area contributed by atoms with Gasteiger partial charge in [0.05, 0.1) is 11.7 Å². The second-order valence-corrected chi connectivity index (χ2v) is 7.52. The van der Waals surface area contributed by atoms with Crippen LogP contribution < -0.4 is 0 Å². The van der Waals surface area contributed by atoms with E-state index in [9.17, 15) is 0 Å². The highest BCUT2D eigenvalue weighted by Gasteiger charge is 2.23. The molecule has 3 heteroatoms. The molecule has 0 radical (unpaired) electrons. The summed E-state index contributed by atoms with van der Waals surface area (Å²) in [4.78, 5) is 0.701. The SMILES string of the molecule is BrC1CCCCCC1Cc1ccn(C2CCCC2)n1. The van der Waals surface area contributed by atoms with Crippen molar-refractivity contribution in [2.75, 3.05) is 0 Å². The van der Waals surface area contributed by atoms with E-state index in [0.29, 0.717) is 10.9 Å². The van der Waals surface area contributed by atoms with Crippen LogP contribution >= 0.6 is 15.9 Å². The summed E-state index contributed by atoms with van der Waals surface area (Å²) >= 11 is 3.90. The average molecular weight is 325 g/mol. The van der Waals surface area contributed by atoms with Crippen LogP contribution in [-0.4, -0.2) is 14.6 Å². The molecule has 0 aliphatic heterocycles. The topological polar surface area (TPSA) is 17.8 Å². The van der Waals surface area contributed by atoms with Gasteiger partial charge in [0, 0.05) is 11.0 Å². The zero-order valence-corrected chi connectivity index (χ0v) is 13.3. The van der Waals surface area contributed by atoms with Crippen molar-refractivity contribution in [3.63, 3.8) is 0 Å². The zero-order valence-electron chi connectivity index (χ0n) is 11.7. The fourth-order valence-corrected chi connectivity index (χ4v) is 4.47. The Bertz CT molecular complexity index is 395. The molecular weight excluding hydrogens is 300 g/mol. The number of halogens is 1. The monoisotopic (exact) mass is 324 g/mol. The maximum absolute atomic E-state index is 4.85. The molecule has 0 amide bonds. The molecule has 1 heterocycles. The summed E-state index contributed by atoms with van der Waals surface area (Å²) in [6.07, 6.45) is 15.7. The molecule has 2 nitrogen and oxygen atoms in total. The number of rotatable bonds is 3. The molecule has 2 saturated carbocycles. The molecular formula is C16H25BrN2. The predicted molar refractivity (Wildman–Crippen MR) is 82.7 cm³/mol. The van der Waals surface area contributed by atoms with Crippen LogP contribution in [0.3, 0.4) is 0 Å². The normalized spacial score (nSPS) is 29.5. The Morgan fingerprint density at radius 2 is 1.79 bits per heavy atom. The molecule has 3 rings (SSSR count). The molecule has 0 aromatic carbocycles. The molecule has 2 fully saturated rings. The van der Waals surface area contributed by atoms with E-state index in [1.165, 1.54) is 63.5 Å². The number of nitrogens with zero attached hydrogens (tertiary/aromatic N) is 2. The highest BCUT2D eigenvalue weighted by molar-refractivity contribution is 9.09. The Hall–Kier alpha value is -0.310. The molecule has 0 spiro atoms. The van der Waals surface area contributed by atoms with Gasteiger partial charge in [-0.2, -0.15) is 5.10 Å². The first kappa shape index (κ1) is 13.7. The molecule has 2 aliphatic rings. The van der Waals surface area contributed by atoms with Gasteiger partial charge in [0.15, 0.2) is 0 Å². The van der Waals surface area contributed by atoms with E-state index in [1.807, 2.05) is 0 Å². The average Bonchev–Trinajstić information content (AvgIpc) is 3.03. The van der Waals surface area contributed by atoms with Gasteiger partial charge >= 0.3 is 0 Å². The third-order valence-corrected chi connectivity index (χ3v) is 6.11. The third-order valence-electron chi connectivity index (χ3n) is 4.90. The van der Waals surface area contributed by atoms with Gasteiger partial charge in [-0.05, 0) is 44.1 Å². The summed E-state index contributed by atoms with van der Waals surface area (Å²) in [5.74, 6) is 0.787. The van der Waals surface area contributed by atoms with Crippen molar-refractivity contribution >= 4 is 15.9 Å². The summed E-state index contributed by atoms with van der Waals surface area (Å²) in [6.45, 7) is 0. The molecule has 1 aromatic rings. The van der Waals surface area contributed by atoms with Crippen LogP contribution in [0.5, 0.6) is 0 Å². The minimum absolute atomic E-state index is 0.683. The van der Waals surface area contributed by atoms with Gasteiger partial charge in [-0.25, -0.2) is 0 Å². The van der Waals surface area contributed by atoms with E-state index < -0.39 is 0 Å². The van der Waals surface area contributed by atoms with Crippen LogP contribution in [0.15, 0.2) is 12.3 Å². The van der Waals surface area contributed by atoms with Crippen LogP contribution in [0.4, 0.5) is 0 Å². The number of hydrogen-bond acceptors (Lipinski definition) is 1. The largest absolute Gasteiger partial charge is 0.269 e. The zero-order chi connectivity index (χ0) is 13.1. The van der Waals surface area contributed by atoms with Crippen LogP contribution in [-0.2, 0) is 6.42 Å². The van der Waals surface area contributed by atoms with E-state index in [2.05, 4.69) is 32.9 Å². The minimum atomic E-state index is 0.683. The lowest BCUT2D eigenvalue weighted by Crippen LogP contribution is -2.16. The summed E-state index contributed by atoms with van der Waals surface area (Å²) in [6, 6.07) is 2.94. The van der Waals surface area contributed by atoms with Crippen molar-refractivity contribution < 1.29 is 0 Å². The van der Waals surface area contributed by atoms with Gasteiger partial charge < -0.3 is 0 Å². The number of alkyl halides is 1. The molecule has 2 aliphatic carbocycles. The van der Waals surface area contributed by atoms with E-state index in [4.69, 9.17) is 5.10 Å². The molecule has 19 heavy (non-hydrogen) atoms. The maximum atomic E-state index is 4.85. The molecule has 0 saturated heterocycles. The lowest BCUT2D eigenvalue weighted by atomic mass is 9.95. The van der Waals surface area contributed by atoms with Gasteiger partial charge in [0.2, 0.25) is 0 Å². The summed E-state index contributed by atoms with van der Waals surface area (Å²) < 4.78 is 2.24. The van der Waals surface area contributed by atoms with Gasteiger partial charge in [-0.15, -0.1) is 0 Å². The highest BCUT2D eigenvalue weighted by atomic mass is 79.9. The van der Waals surface area contributed by atoms with Gasteiger partial charge in [-0.1, -0.05) is 48.0 Å². The van der Waals surface area contributed by atoms with Crippen LogP contribution in [0, 0.1) is 5.92 Å². The number of hydrogen-bond donors (Lipinski definition) is 0. The molecule has 1 aromatic heterocycles. The van der Waals surface area contributed by atoms with Crippen molar-refractivity contribution in [3.05, 3.63) is 18.0 Å². The predicted octanol–water partition coefficient (Wildman–Crippen LogP) is 4.88. The number of aromatic nitrogens is 2. The standard InChI is InChI=1S/C16H25BrN2/c17-16-9-3-1-2-6-13(16)12-14-10-11-19(18-14)15-7-4-5-8-15/h10-11,13,15-16H,1-9,12H2. The molecule has 2 atom stereocenters. The van der Waals surface area contributed by atoms with Crippen LogP contribution in [0.25, 0.3) is 0 Å². The Balaban J connectivity index is 1.62. The smallest absolute Gasteiger partial charge is 0.0627 e. The Kier molecular flexibility index (Phi) is 4.62. The van der Waals surface area contributed by atoms with Crippen molar-refractivity contribution in [1.82, 2.24) is 9.78 Å². The second-order valence-electron chi connectivity index (χ2n) is 6.34.